The molecule has 0 nitrogen and oxygen atoms in total. The Hall–Kier alpha value is -20.9. The van der Waals surface area contributed by atoms with Crippen molar-refractivity contribution < 1.29 is 0 Å². The van der Waals surface area contributed by atoms with E-state index in [2.05, 4.69) is 570 Å². The van der Waals surface area contributed by atoms with Crippen LogP contribution in [0.15, 0.2) is 0 Å². The van der Waals surface area contributed by atoms with Crippen LogP contribution in [0.4, 0.5) is 0 Å². The van der Waals surface area contributed by atoms with Crippen molar-refractivity contribution >= 4 is 0 Å². The monoisotopic (exact) mass is 1160 g/mol. The van der Waals surface area contributed by atoms with E-state index < -0.39 is 0 Å². The van der Waals surface area contributed by atoms with Gasteiger partial charge < -0.3 is 0 Å². The topological polar surface area (TPSA) is 0 Å². The second kappa shape index (κ2) is 74.1. The van der Waals surface area contributed by atoms with Crippen molar-refractivity contribution in [2.24, 2.45) is 0 Å². The minimum Gasteiger partial charge on any atom is -0.284 e. The summed E-state index contributed by atoms with van der Waals surface area (Å²) in [6.45, 7) is 6.63. The standard InChI is InChI=1S/C96H4/c1-3-5-7-9-11-13-15-17-19-21-23-25-27-29-31-33-35-37-39-41-43-45-47-49-51-53-55-57-59-61-63-65-67-69-71-73-75-77-79-81-83-85-87-89-91-93-95-96-94-92-90-88-86-84-82-80-78-76-74-72-70-68-66-64-62-60-58-56-54-52-50-48-46-44-42-40-38-36-34-32-30-28-26-24-22-20-18-16-14-12-10-8-6-4-2/h1-2H2/q-2. The quantitative estimate of drug-likeness (QED) is 0.250. The fourth-order valence-corrected chi connectivity index (χ4v) is 2.90. The maximum Gasteiger partial charge on any atom is 0 e. The predicted octanol–water partition coefficient (Wildman–Crippen LogP) is 0.814. The normalized spacial score (nSPS) is 3.96. The van der Waals surface area contributed by atoms with Crippen LogP contribution in [0.1, 0.15) is 0 Å². The fourth-order valence-electron chi connectivity index (χ4n) is 2.90. The smallest absolute Gasteiger partial charge is 0 e. The highest BCUT2D eigenvalue weighted by Crippen LogP contribution is 1.67. The van der Waals surface area contributed by atoms with Gasteiger partial charge in [-0.25, -0.2) is 11.8 Å². The summed E-state index contributed by atoms with van der Waals surface area (Å²) in [5.74, 6) is 234. The zero-order valence-electron chi connectivity index (χ0n) is 48.4. The zero-order chi connectivity index (χ0) is 68.5. The van der Waals surface area contributed by atoms with E-state index in [4.69, 9.17) is 0 Å². The molecule has 96 heavy (non-hydrogen) atoms. The molecule has 0 aromatic rings. The van der Waals surface area contributed by atoms with E-state index in [0.29, 0.717) is 0 Å². The maximum atomic E-state index is 3.32. The van der Waals surface area contributed by atoms with Gasteiger partial charge in [-0.1, -0.05) is 0 Å². The molecule has 0 heteroatoms. The van der Waals surface area contributed by atoms with Gasteiger partial charge >= 0.3 is 0 Å². The third kappa shape index (κ3) is 73.1. The molecule has 0 bridgehead atoms. The van der Waals surface area contributed by atoms with Gasteiger partial charge in [-0.3, -0.25) is 11.8 Å². The van der Waals surface area contributed by atoms with Crippen LogP contribution in [0.2, 0.25) is 0 Å². The van der Waals surface area contributed by atoms with Crippen molar-refractivity contribution in [2.75, 3.05) is 0 Å². The average Bonchev–Trinajstić information content (AvgIpc) is 3.61. The third-order valence-electron chi connectivity index (χ3n) is 5.86. The molecule has 0 atom stereocenters. The zero-order valence-corrected chi connectivity index (χ0v) is 48.4. The molecule has 0 N–H and O–H groups in total. The van der Waals surface area contributed by atoms with Gasteiger partial charge in [-0.05, 0) is 94.7 Å². The minimum atomic E-state index is 2.37. The van der Waals surface area contributed by atoms with Crippen molar-refractivity contribution in [1.29, 1.82) is 0 Å². The van der Waals surface area contributed by atoms with Crippen LogP contribution < -0.4 is 0 Å². The summed E-state index contributed by atoms with van der Waals surface area (Å²) in [5, 5.41) is 0. The molecule has 0 aromatic carbocycles. The molecule has 390 valence electrons. The first-order valence-corrected chi connectivity index (χ1v) is 24.0. The van der Waals surface area contributed by atoms with Crippen LogP contribution in [0, 0.1) is 570 Å². The fraction of sp³-hybridized carbons (Fsp3) is 0. The van der Waals surface area contributed by atoms with E-state index in [9.17, 15) is 0 Å². The summed E-state index contributed by atoms with van der Waals surface area (Å²) in [6, 6.07) is 0. The van der Waals surface area contributed by atoms with Crippen LogP contribution in [0.3, 0.4) is 0 Å². The highest BCUT2D eigenvalue weighted by Gasteiger charge is 1.66. The summed E-state index contributed by atoms with van der Waals surface area (Å²) in [4.78, 5) is 0. The lowest BCUT2D eigenvalue weighted by molar-refractivity contribution is 2.31. The molecular formula is C96H4-2. The lowest BCUT2D eigenvalue weighted by atomic mass is 10.4. The van der Waals surface area contributed by atoms with Crippen molar-refractivity contribution in [3.8, 4) is 557 Å². The molecule has 0 spiro atoms. The van der Waals surface area contributed by atoms with E-state index in [1.807, 2.05) is 0 Å². The molecule has 0 unspecified atom stereocenters. The molecule has 0 rings (SSSR count). The summed E-state index contributed by atoms with van der Waals surface area (Å²) >= 11 is 0. The van der Waals surface area contributed by atoms with Crippen molar-refractivity contribution in [3.63, 3.8) is 0 Å². The second-order valence-electron chi connectivity index (χ2n) is 11.9. The molecule has 0 aliphatic heterocycles. The summed E-state index contributed by atoms with van der Waals surface area (Å²) in [6.07, 6.45) is 0. The Bertz CT molecular complexity index is 6290. The summed E-state index contributed by atoms with van der Waals surface area (Å²) in [5.41, 5.74) is 0. The van der Waals surface area contributed by atoms with Gasteiger partial charge in [0.25, 0.3) is 0 Å². The molecule has 0 radical (unpaired) electrons. The van der Waals surface area contributed by atoms with Crippen molar-refractivity contribution in [3.05, 3.63) is 13.8 Å². The summed E-state index contributed by atoms with van der Waals surface area (Å²) < 4.78 is 0. The minimum absolute atomic E-state index is 2.37. The van der Waals surface area contributed by atoms with E-state index >= 15 is 0 Å². The Morgan fingerprint density at radius 1 is 0.0521 bits per heavy atom. The molecule has 0 fully saturated rings. The van der Waals surface area contributed by atoms with Crippen LogP contribution in [0.5, 0.6) is 0 Å². The Morgan fingerprint density at radius 2 is 0.0833 bits per heavy atom. The average molecular weight is 1160 g/mol. The van der Waals surface area contributed by atoms with Gasteiger partial charge in [0.15, 0.2) is 0 Å². The number of rotatable bonds is 0. The van der Waals surface area contributed by atoms with Crippen molar-refractivity contribution in [2.45, 2.75) is 0 Å². The first-order valence-electron chi connectivity index (χ1n) is 24.0. The lowest BCUT2D eigenvalue weighted by Crippen LogP contribution is -1.57. The SMILES string of the molecule is [CH2-]C#CC#CC#CC#CC#CC#CC#CC#CC#CC#CC#CC#CC#CC#CC#CC#CC#CC#CC#CC#CC#CC#CC#CC#CC#CC#CC#CC#CC#CC#CC#CC#CC#CC#CC#CC#CC#CC#CC#CC#CC#CC#CC#CC#CC#CC#CC#C[CH2-]. The molecule has 0 aromatic heterocycles. The molecular weight excluding hydrogens is 1150 g/mol. The first-order chi connectivity index (χ1) is 47.9. The number of hydrogen-bond donors (Lipinski definition) is 0. The largest absolute Gasteiger partial charge is 0.284 e. The molecule has 0 heterocycles. The second-order valence-corrected chi connectivity index (χ2v) is 11.9. The highest BCUT2D eigenvalue weighted by atomic mass is 13.7. The molecule has 0 aliphatic carbocycles. The van der Waals surface area contributed by atoms with Gasteiger partial charge in [0.2, 0.25) is 0 Å². The molecule has 0 saturated heterocycles. The first kappa shape index (κ1) is 75.1. The molecule has 0 aliphatic rings. The van der Waals surface area contributed by atoms with E-state index in [0.717, 1.165) is 0 Å². The maximum absolute atomic E-state index is 3.32. The van der Waals surface area contributed by atoms with Crippen LogP contribution in [0.25, 0.3) is 0 Å². The Balaban J connectivity index is 4.63. The molecule has 0 amide bonds. The highest BCUT2D eigenvalue weighted by molar-refractivity contribution is 5.55. The van der Waals surface area contributed by atoms with Gasteiger partial charge in [0.05, 0.1) is 0 Å². The third-order valence-corrected chi connectivity index (χ3v) is 5.86. The van der Waals surface area contributed by atoms with Crippen LogP contribution in [-0.2, 0) is 0 Å². The Kier molecular flexibility index (Phi) is 57.9. The lowest BCUT2D eigenvalue weighted by Gasteiger charge is -1.64. The van der Waals surface area contributed by atoms with Crippen LogP contribution in [-0.4, -0.2) is 0 Å². The van der Waals surface area contributed by atoms with Crippen LogP contribution >= 0.6 is 0 Å². The predicted molar refractivity (Wildman–Crippen MR) is 376 cm³/mol. The summed E-state index contributed by atoms with van der Waals surface area (Å²) in [7, 11) is 0. The van der Waals surface area contributed by atoms with Gasteiger partial charge in [0.1, 0.15) is 0 Å². The van der Waals surface area contributed by atoms with E-state index in [-0.39, 0.29) is 0 Å². The van der Waals surface area contributed by atoms with E-state index in [1.165, 1.54) is 0 Å². The molecule has 0 saturated carbocycles. The Labute approximate surface area is 566 Å². The number of hydrogen-bond acceptors (Lipinski definition) is 0. The van der Waals surface area contributed by atoms with Crippen molar-refractivity contribution in [1.82, 2.24) is 0 Å². The van der Waals surface area contributed by atoms with Gasteiger partial charge in [-0.15, -0.1) is 11.8 Å². The van der Waals surface area contributed by atoms with E-state index in [1.54, 1.807) is 0 Å². The Morgan fingerprint density at radius 3 is 0.115 bits per heavy atom. The van der Waals surface area contributed by atoms with Gasteiger partial charge in [-0.2, -0.15) is 13.8 Å². The van der Waals surface area contributed by atoms with Gasteiger partial charge in [0, 0.05) is 426 Å².